The zero-order valence-electron chi connectivity index (χ0n) is 13.8. The maximum Gasteiger partial charge on any atom is 0.338 e. The Bertz CT molecular complexity index is 415. The van der Waals surface area contributed by atoms with Gasteiger partial charge in [0.1, 0.15) is 6.61 Å². The molecule has 6 nitrogen and oxygen atoms in total. The molecule has 0 unspecified atom stereocenters. The third-order valence-electron chi connectivity index (χ3n) is 2.81. The van der Waals surface area contributed by atoms with Gasteiger partial charge in [0.05, 0.1) is 58.4 Å². The number of carbonyl (C=O) groups is 1. The van der Waals surface area contributed by atoms with Crippen LogP contribution in [0.5, 0.6) is 0 Å². The van der Waals surface area contributed by atoms with Crippen molar-refractivity contribution in [2.24, 2.45) is 0 Å². The highest BCUT2D eigenvalue weighted by molar-refractivity contribution is 14.1. The molecule has 1 aromatic rings. The highest BCUT2D eigenvalue weighted by atomic mass is 127. The Morgan fingerprint density at radius 3 is 1.67 bits per heavy atom. The van der Waals surface area contributed by atoms with Crippen molar-refractivity contribution in [2.75, 3.05) is 63.9 Å². The van der Waals surface area contributed by atoms with Crippen molar-refractivity contribution in [3.05, 3.63) is 35.9 Å². The first-order valence-corrected chi connectivity index (χ1v) is 9.46. The number of ether oxygens (including phenoxy) is 5. The second-order valence-corrected chi connectivity index (χ2v) is 5.72. The van der Waals surface area contributed by atoms with Gasteiger partial charge in [-0.05, 0) is 12.1 Å². The molecular formula is C17H25IO6. The maximum atomic E-state index is 11.6. The van der Waals surface area contributed by atoms with E-state index in [0.717, 1.165) is 11.0 Å². The number of hydrogen-bond donors (Lipinski definition) is 0. The molecular weight excluding hydrogens is 427 g/mol. The third-order valence-corrected chi connectivity index (χ3v) is 3.25. The molecule has 0 aromatic heterocycles. The number of carbonyl (C=O) groups excluding carboxylic acids is 1. The fourth-order valence-electron chi connectivity index (χ4n) is 1.67. The summed E-state index contributed by atoms with van der Waals surface area (Å²) in [7, 11) is 0. The van der Waals surface area contributed by atoms with E-state index in [1.54, 1.807) is 24.3 Å². The van der Waals surface area contributed by atoms with E-state index in [2.05, 4.69) is 22.6 Å². The molecule has 0 radical (unpaired) electrons. The molecule has 0 spiro atoms. The molecule has 7 heteroatoms. The van der Waals surface area contributed by atoms with Crippen molar-refractivity contribution in [3.63, 3.8) is 0 Å². The molecule has 0 heterocycles. The van der Waals surface area contributed by atoms with Crippen LogP contribution < -0.4 is 0 Å². The third kappa shape index (κ3) is 11.7. The van der Waals surface area contributed by atoms with Crippen LogP contribution in [0.1, 0.15) is 10.4 Å². The van der Waals surface area contributed by atoms with Crippen LogP contribution in [0.4, 0.5) is 0 Å². The zero-order valence-corrected chi connectivity index (χ0v) is 15.9. The summed E-state index contributed by atoms with van der Waals surface area (Å²) in [4.78, 5) is 11.6. The van der Waals surface area contributed by atoms with Crippen molar-refractivity contribution in [3.8, 4) is 0 Å². The number of rotatable bonds is 15. The standard InChI is InChI=1S/C17H25IO6/c18-6-7-20-8-9-21-10-11-22-12-13-23-14-15-24-17(19)16-4-2-1-3-5-16/h1-5H,6-15H2. The Hall–Kier alpha value is -0.740. The Morgan fingerprint density at radius 2 is 1.17 bits per heavy atom. The molecule has 0 fully saturated rings. The smallest absolute Gasteiger partial charge is 0.338 e. The summed E-state index contributed by atoms with van der Waals surface area (Å²) < 4.78 is 27.4. The molecule has 0 bridgehead atoms. The summed E-state index contributed by atoms with van der Waals surface area (Å²) in [5.74, 6) is -0.338. The molecule has 24 heavy (non-hydrogen) atoms. The second kappa shape index (κ2) is 15.8. The lowest BCUT2D eigenvalue weighted by Crippen LogP contribution is -2.14. The van der Waals surface area contributed by atoms with Crippen LogP contribution in [-0.4, -0.2) is 69.9 Å². The van der Waals surface area contributed by atoms with Gasteiger partial charge in [-0.25, -0.2) is 4.79 Å². The molecule has 1 rings (SSSR count). The van der Waals surface area contributed by atoms with E-state index >= 15 is 0 Å². The summed E-state index contributed by atoms with van der Waals surface area (Å²) in [6.07, 6.45) is 0. The van der Waals surface area contributed by atoms with E-state index in [1.165, 1.54) is 0 Å². The maximum absolute atomic E-state index is 11.6. The summed E-state index contributed by atoms with van der Waals surface area (Å²) >= 11 is 2.27. The molecule has 0 aliphatic rings. The summed E-state index contributed by atoms with van der Waals surface area (Å²) in [6.45, 7) is 4.57. The molecule has 0 N–H and O–H groups in total. The first-order chi connectivity index (χ1) is 11.8. The number of esters is 1. The van der Waals surface area contributed by atoms with Crippen LogP contribution in [0.3, 0.4) is 0 Å². The molecule has 0 aliphatic carbocycles. The van der Waals surface area contributed by atoms with Crippen molar-refractivity contribution >= 4 is 28.6 Å². The Kier molecular flexibility index (Phi) is 14.0. The van der Waals surface area contributed by atoms with Crippen LogP contribution >= 0.6 is 22.6 Å². The Balaban J connectivity index is 1.80. The molecule has 0 atom stereocenters. The predicted octanol–water partition coefficient (Wildman–Crippen LogP) is 2.34. The molecule has 0 saturated carbocycles. The first kappa shape index (κ1) is 21.3. The topological polar surface area (TPSA) is 63.2 Å². The van der Waals surface area contributed by atoms with Crippen molar-refractivity contribution < 1.29 is 28.5 Å². The number of alkyl halides is 1. The summed E-state index contributed by atoms with van der Waals surface area (Å²) in [6, 6.07) is 8.88. The van der Waals surface area contributed by atoms with Gasteiger partial charge in [0.2, 0.25) is 0 Å². The normalized spacial score (nSPS) is 10.7. The van der Waals surface area contributed by atoms with Gasteiger partial charge in [-0.3, -0.25) is 0 Å². The average Bonchev–Trinajstić information content (AvgIpc) is 2.62. The van der Waals surface area contributed by atoms with E-state index < -0.39 is 0 Å². The van der Waals surface area contributed by atoms with Crippen LogP contribution in [0, 0.1) is 0 Å². The lowest BCUT2D eigenvalue weighted by Gasteiger charge is -2.08. The van der Waals surface area contributed by atoms with Gasteiger partial charge in [-0.2, -0.15) is 0 Å². The summed E-state index contributed by atoms with van der Waals surface area (Å²) in [5, 5.41) is 0. The quantitative estimate of drug-likeness (QED) is 0.176. The molecule has 136 valence electrons. The van der Waals surface area contributed by atoms with Gasteiger partial charge in [0.25, 0.3) is 0 Å². The van der Waals surface area contributed by atoms with Crippen LogP contribution in [0.15, 0.2) is 30.3 Å². The fourth-order valence-corrected chi connectivity index (χ4v) is 1.98. The highest BCUT2D eigenvalue weighted by Crippen LogP contribution is 2.00. The fraction of sp³-hybridized carbons (Fsp3) is 0.588. The van der Waals surface area contributed by atoms with Crippen LogP contribution in [0.2, 0.25) is 0 Å². The average molecular weight is 452 g/mol. The number of hydrogen-bond acceptors (Lipinski definition) is 6. The molecule has 0 saturated heterocycles. The second-order valence-electron chi connectivity index (χ2n) is 4.64. The van der Waals surface area contributed by atoms with E-state index in [9.17, 15) is 4.79 Å². The monoisotopic (exact) mass is 452 g/mol. The van der Waals surface area contributed by atoms with Gasteiger partial charge < -0.3 is 23.7 Å². The predicted molar refractivity (Wildman–Crippen MR) is 98.9 cm³/mol. The van der Waals surface area contributed by atoms with E-state index in [0.29, 0.717) is 51.8 Å². The molecule has 0 aliphatic heterocycles. The number of halogens is 1. The van der Waals surface area contributed by atoms with E-state index in [1.807, 2.05) is 6.07 Å². The van der Waals surface area contributed by atoms with E-state index in [4.69, 9.17) is 23.7 Å². The van der Waals surface area contributed by atoms with Crippen LogP contribution in [-0.2, 0) is 23.7 Å². The molecule has 1 aromatic carbocycles. The van der Waals surface area contributed by atoms with Crippen LogP contribution in [0.25, 0.3) is 0 Å². The lowest BCUT2D eigenvalue weighted by molar-refractivity contribution is -0.00781. The van der Waals surface area contributed by atoms with E-state index in [-0.39, 0.29) is 12.6 Å². The zero-order chi connectivity index (χ0) is 17.3. The minimum absolute atomic E-state index is 0.230. The van der Waals surface area contributed by atoms with Crippen molar-refractivity contribution in [2.45, 2.75) is 0 Å². The summed E-state index contributed by atoms with van der Waals surface area (Å²) in [5.41, 5.74) is 0.542. The van der Waals surface area contributed by atoms with Gasteiger partial charge in [-0.1, -0.05) is 40.8 Å². The largest absolute Gasteiger partial charge is 0.460 e. The SMILES string of the molecule is O=C(OCCOCCOCCOCCOCCI)c1ccccc1. The van der Waals surface area contributed by atoms with Gasteiger partial charge in [0, 0.05) is 4.43 Å². The minimum Gasteiger partial charge on any atom is -0.460 e. The Morgan fingerprint density at radius 1 is 0.708 bits per heavy atom. The number of benzene rings is 1. The van der Waals surface area contributed by atoms with Crippen molar-refractivity contribution in [1.82, 2.24) is 0 Å². The van der Waals surface area contributed by atoms with Gasteiger partial charge in [0.15, 0.2) is 0 Å². The lowest BCUT2D eigenvalue weighted by atomic mass is 10.2. The minimum atomic E-state index is -0.338. The first-order valence-electron chi connectivity index (χ1n) is 7.93. The Labute approximate surface area is 156 Å². The molecule has 0 amide bonds. The van der Waals surface area contributed by atoms with Crippen molar-refractivity contribution in [1.29, 1.82) is 0 Å². The van der Waals surface area contributed by atoms with Gasteiger partial charge in [-0.15, -0.1) is 0 Å². The highest BCUT2D eigenvalue weighted by Gasteiger charge is 2.04. The van der Waals surface area contributed by atoms with Gasteiger partial charge >= 0.3 is 5.97 Å².